The van der Waals surface area contributed by atoms with E-state index in [-0.39, 0.29) is 0 Å². The first-order valence-electron chi connectivity index (χ1n) is 11.7. The number of methoxy groups -OCH3 is 1. The average molecular weight is 476 g/mol. The van der Waals surface area contributed by atoms with E-state index in [1.165, 1.54) is 54.1 Å². The maximum Gasteiger partial charge on any atom is 0.173 e. The Hall–Kier alpha value is -3.48. The summed E-state index contributed by atoms with van der Waals surface area (Å²) in [5.74, 6) is 1.01. The van der Waals surface area contributed by atoms with Crippen molar-refractivity contribution in [2.45, 2.75) is 37.6 Å². The van der Waals surface area contributed by atoms with Crippen molar-refractivity contribution < 1.29 is 23.0 Å². The van der Waals surface area contributed by atoms with E-state index in [0.717, 1.165) is 25.1 Å². The van der Waals surface area contributed by atoms with Gasteiger partial charge in [0.2, 0.25) is 0 Å². The zero-order valence-corrected chi connectivity index (χ0v) is 19.5. The molecule has 6 heteroatoms. The van der Waals surface area contributed by atoms with Gasteiger partial charge in [0.1, 0.15) is 28.9 Å². The van der Waals surface area contributed by atoms with Gasteiger partial charge in [-0.3, -0.25) is 4.90 Å². The summed E-state index contributed by atoms with van der Waals surface area (Å²) in [6, 6.07) is 23.3. The van der Waals surface area contributed by atoms with Crippen molar-refractivity contribution in [2.24, 2.45) is 0 Å². The Morgan fingerprint density at radius 3 is 1.91 bits per heavy atom. The second-order valence-corrected chi connectivity index (χ2v) is 8.97. The molecule has 0 amide bonds. The van der Waals surface area contributed by atoms with Crippen LogP contribution < -0.4 is 4.74 Å². The summed E-state index contributed by atoms with van der Waals surface area (Å²) in [5, 5.41) is 11.9. The number of furan rings is 1. The number of halogens is 2. The van der Waals surface area contributed by atoms with Crippen molar-refractivity contribution in [3.63, 3.8) is 0 Å². The quantitative estimate of drug-likeness (QED) is 0.322. The molecule has 35 heavy (non-hydrogen) atoms. The van der Waals surface area contributed by atoms with E-state index in [2.05, 4.69) is 17.0 Å². The molecule has 0 aliphatic heterocycles. The molecule has 1 saturated carbocycles. The molecule has 1 N–H and O–H groups in total. The van der Waals surface area contributed by atoms with Gasteiger partial charge in [-0.2, -0.15) is 0 Å². The van der Waals surface area contributed by atoms with E-state index < -0.39 is 17.2 Å². The van der Waals surface area contributed by atoms with Crippen LogP contribution in [0.3, 0.4) is 0 Å². The minimum atomic E-state index is -1.69. The maximum absolute atomic E-state index is 13.6. The van der Waals surface area contributed by atoms with Gasteiger partial charge in [-0.05, 0) is 78.1 Å². The average Bonchev–Trinajstić information content (AvgIpc) is 3.62. The minimum Gasteiger partial charge on any atom is -0.497 e. The van der Waals surface area contributed by atoms with E-state index in [9.17, 15) is 13.9 Å². The highest BCUT2D eigenvalue weighted by atomic mass is 19.1. The lowest BCUT2D eigenvalue weighted by Gasteiger charge is -2.27. The molecule has 0 spiro atoms. The van der Waals surface area contributed by atoms with E-state index in [1.807, 2.05) is 18.2 Å². The van der Waals surface area contributed by atoms with Crippen LogP contribution in [0.25, 0.3) is 0 Å². The molecule has 0 atom stereocenters. The molecule has 1 aromatic heterocycles. The van der Waals surface area contributed by atoms with E-state index in [4.69, 9.17) is 9.15 Å². The largest absolute Gasteiger partial charge is 0.497 e. The van der Waals surface area contributed by atoms with Crippen LogP contribution in [0.2, 0.25) is 0 Å². The number of hydrogen-bond acceptors (Lipinski definition) is 4. The summed E-state index contributed by atoms with van der Waals surface area (Å²) in [6.07, 6.45) is 2.28. The number of aliphatic hydroxyl groups is 1. The van der Waals surface area contributed by atoms with Gasteiger partial charge >= 0.3 is 0 Å². The van der Waals surface area contributed by atoms with Crippen molar-refractivity contribution in [2.75, 3.05) is 7.11 Å². The van der Waals surface area contributed by atoms with Gasteiger partial charge in [-0.25, -0.2) is 8.78 Å². The lowest BCUT2D eigenvalue weighted by atomic mass is 9.84. The zero-order chi connectivity index (χ0) is 24.4. The Morgan fingerprint density at radius 2 is 1.40 bits per heavy atom. The molecular weight excluding hydrogens is 448 g/mol. The Bertz CT molecular complexity index is 1220. The zero-order valence-electron chi connectivity index (χ0n) is 19.5. The normalized spacial score (nSPS) is 13.9. The van der Waals surface area contributed by atoms with Crippen molar-refractivity contribution in [3.05, 3.63) is 125 Å². The summed E-state index contributed by atoms with van der Waals surface area (Å²) >= 11 is 0. The van der Waals surface area contributed by atoms with E-state index in [1.54, 1.807) is 13.2 Å². The smallest absolute Gasteiger partial charge is 0.173 e. The summed E-state index contributed by atoms with van der Waals surface area (Å²) in [4.78, 5) is 2.36. The molecule has 0 bridgehead atoms. The van der Waals surface area contributed by atoms with Crippen LogP contribution in [0.15, 0.2) is 89.3 Å². The van der Waals surface area contributed by atoms with Crippen molar-refractivity contribution in [1.29, 1.82) is 0 Å². The Labute approximate surface area is 203 Å². The second-order valence-electron chi connectivity index (χ2n) is 8.97. The lowest BCUT2D eigenvalue weighted by Crippen LogP contribution is -2.28. The van der Waals surface area contributed by atoms with Crippen LogP contribution in [-0.4, -0.2) is 23.2 Å². The fourth-order valence-electron chi connectivity index (χ4n) is 4.41. The van der Waals surface area contributed by atoms with E-state index in [0.29, 0.717) is 35.2 Å². The number of nitrogens with zero attached hydrogens (tertiary/aromatic N) is 1. The molecule has 1 aliphatic carbocycles. The standard InChI is InChI=1S/C29H27F2NO3/c1-34-26-14-2-20(3-15-26)18-32(25-12-13-25)19-27-16-17-28(35-27)29(33,21-4-8-23(30)9-5-21)22-6-10-24(31)11-7-22/h2-11,14-17,25,33H,12-13,18-19H2,1H3. The van der Waals surface area contributed by atoms with Gasteiger partial charge in [0.15, 0.2) is 5.60 Å². The SMILES string of the molecule is COc1ccc(CN(Cc2ccc(C(O)(c3ccc(F)cc3)c3ccc(F)cc3)o2)C2CC2)cc1. The van der Waals surface area contributed by atoms with Crippen LogP contribution in [0, 0.1) is 11.6 Å². The molecule has 4 aromatic rings. The third-order valence-electron chi connectivity index (χ3n) is 6.51. The summed E-state index contributed by atoms with van der Waals surface area (Å²) < 4.78 is 38.7. The molecule has 180 valence electrons. The molecule has 0 saturated heterocycles. The van der Waals surface area contributed by atoms with Crippen molar-refractivity contribution in [3.8, 4) is 5.75 Å². The number of rotatable bonds is 9. The highest BCUT2D eigenvalue weighted by Gasteiger charge is 2.38. The van der Waals surface area contributed by atoms with Gasteiger partial charge in [-0.15, -0.1) is 0 Å². The number of benzene rings is 3. The van der Waals surface area contributed by atoms with E-state index >= 15 is 0 Å². The minimum absolute atomic E-state index is 0.297. The van der Waals surface area contributed by atoms with Gasteiger partial charge in [-0.1, -0.05) is 36.4 Å². The fourth-order valence-corrected chi connectivity index (χ4v) is 4.41. The molecule has 3 aromatic carbocycles. The fraction of sp³-hybridized carbons (Fsp3) is 0.241. The third-order valence-corrected chi connectivity index (χ3v) is 6.51. The first-order valence-corrected chi connectivity index (χ1v) is 11.7. The Kier molecular flexibility index (Phi) is 6.41. The second kappa shape index (κ2) is 9.64. The van der Waals surface area contributed by atoms with Crippen LogP contribution >= 0.6 is 0 Å². The molecule has 5 rings (SSSR count). The molecule has 4 nitrogen and oxygen atoms in total. The molecule has 1 aliphatic rings. The monoisotopic (exact) mass is 475 g/mol. The molecule has 0 radical (unpaired) electrons. The summed E-state index contributed by atoms with van der Waals surface area (Å²) in [5.41, 5.74) is 0.353. The first-order chi connectivity index (χ1) is 17.0. The first kappa shape index (κ1) is 23.3. The maximum atomic E-state index is 13.6. The van der Waals surface area contributed by atoms with Gasteiger partial charge in [0, 0.05) is 12.6 Å². The predicted octanol–water partition coefficient (Wildman–Crippen LogP) is 6.02. The van der Waals surface area contributed by atoms with Crippen LogP contribution in [0.4, 0.5) is 8.78 Å². The van der Waals surface area contributed by atoms with Gasteiger partial charge < -0.3 is 14.3 Å². The Morgan fingerprint density at radius 1 is 0.829 bits per heavy atom. The van der Waals surface area contributed by atoms with Crippen LogP contribution in [0.5, 0.6) is 5.75 Å². The predicted molar refractivity (Wildman–Crippen MR) is 129 cm³/mol. The third kappa shape index (κ3) is 4.99. The number of hydrogen-bond donors (Lipinski definition) is 1. The van der Waals surface area contributed by atoms with Crippen molar-refractivity contribution >= 4 is 0 Å². The van der Waals surface area contributed by atoms with Crippen LogP contribution in [-0.2, 0) is 18.7 Å². The van der Waals surface area contributed by atoms with Crippen LogP contribution in [0.1, 0.15) is 41.1 Å². The molecule has 0 unspecified atom stereocenters. The van der Waals surface area contributed by atoms with Crippen molar-refractivity contribution in [1.82, 2.24) is 4.90 Å². The molecule has 1 heterocycles. The summed E-state index contributed by atoms with van der Waals surface area (Å²) in [7, 11) is 1.65. The molecule has 1 fully saturated rings. The topological polar surface area (TPSA) is 45.8 Å². The van der Waals surface area contributed by atoms with Gasteiger partial charge in [0.05, 0.1) is 13.7 Å². The Balaban J connectivity index is 1.43. The highest BCUT2D eigenvalue weighted by molar-refractivity contribution is 5.44. The van der Waals surface area contributed by atoms with Gasteiger partial charge in [0.25, 0.3) is 0 Å². The lowest BCUT2D eigenvalue weighted by molar-refractivity contribution is 0.0948. The number of ether oxygens (including phenoxy) is 1. The summed E-state index contributed by atoms with van der Waals surface area (Å²) in [6.45, 7) is 1.35. The highest BCUT2D eigenvalue weighted by Crippen LogP contribution is 2.38. The molecular formula is C29H27F2NO3.